The van der Waals surface area contributed by atoms with Crippen LogP contribution in [0.25, 0.3) is 0 Å². The molecule has 2 bridgehead atoms. The van der Waals surface area contributed by atoms with Crippen LogP contribution in [0.15, 0.2) is 11.6 Å². The SMILES string of the molecule is CO[C@@H]1O[C@]23CC[C@@]4(O)C[C@@H](O)CC[C@]14[C@@H]2CC[C@@]1(C)[C@H](C2=CC(=O)OC2)CC[C@@H]13. The molecule has 6 nitrogen and oxygen atoms in total. The van der Waals surface area contributed by atoms with E-state index < -0.39 is 23.4 Å². The molecule has 6 heteroatoms. The molecule has 0 aromatic carbocycles. The van der Waals surface area contributed by atoms with Gasteiger partial charge in [0.1, 0.15) is 6.61 Å². The lowest BCUT2D eigenvalue weighted by Gasteiger charge is -2.63. The van der Waals surface area contributed by atoms with Crippen molar-refractivity contribution < 1.29 is 29.2 Å². The van der Waals surface area contributed by atoms with Gasteiger partial charge in [-0.2, -0.15) is 0 Å². The predicted octanol–water partition coefficient (Wildman–Crippen LogP) is 2.71. The number of ether oxygens (including phenoxy) is 3. The van der Waals surface area contributed by atoms with Gasteiger partial charge in [0.2, 0.25) is 0 Å². The molecule has 0 aromatic rings. The van der Waals surface area contributed by atoms with Gasteiger partial charge < -0.3 is 24.4 Å². The Morgan fingerprint density at radius 2 is 1.93 bits per heavy atom. The Bertz CT molecular complexity index is 810. The summed E-state index contributed by atoms with van der Waals surface area (Å²) in [5.41, 5.74) is -0.394. The molecule has 4 saturated carbocycles. The molecule has 0 amide bonds. The second kappa shape index (κ2) is 6.09. The number of rotatable bonds is 2. The van der Waals surface area contributed by atoms with Gasteiger partial charge in [0.25, 0.3) is 0 Å². The molecule has 6 rings (SSSR count). The Labute approximate surface area is 177 Å². The third-order valence-corrected chi connectivity index (χ3v) is 10.5. The van der Waals surface area contributed by atoms with Crippen molar-refractivity contribution in [1.29, 1.82) is 0 Å². The number of cyclic esters (lactones) is 1. The van der Waals surface area contributed by atoms with Gasteiger partial charge in [0.05, 0.1) is 22.7 Å². The Morgan fingerprint density at radius 3 is 2.67 bits per heavy atom. The maximum absolute atomic E-state index is 11.9. The molecule has 0 aromatic heterocycles. The zero-order valence-electron chi connectivity index (χ0n) is 18.1. The number of aliphatic hydroxyl groups excluding tert-OH is 1. The molecule has 2 N–H and O–H groups in total. The zero-order chi connectivity index (χ0) is 20.9. The first kappa shape index (κ1) is 19.7. The van der Waals surface area contributed by atoms with Crippen molar-refractivity contribution in [2.75, 3.05) is 13.7 Å². The second-order valence-electron chi connectivity index (χ2n) is 11.2. The number of esters is 1. The van der Waals surface area contributed by atoms with Crippen molar-refractivity contribution in [2.45, 2.75) is 88.3 Å². The molecule has 4 aliphatic carbocycles. The lowest BCUT2D eigenvalue weighted by molar-refractivity contribution is -0.239. The van der Waals surface area contributed by atoms with Gasteiger partial charge >= 0.3 is 5.97 Å². The molecule has 1 spiro atoms. The molecule has 0 radical (unpaired) electrons. The van der Waals surface area contributed by atoms with Crippen LogP contribution in [-0.4, -0.2) is 53.5 Å². The quantitative estimate of drug-likeness (QED) is 0.671. The Hall–Kier alpha value is -0.950. The Morgan fingerprint density at radius 1 is 1.10 bits per heavy atom. The van der Waals surface area contributed by atoms with Crippen LogP contribution < -0.4 is 0 Å². The first-order chi connectivity index (χ1) is 14.3. The van der Waals surface area contributed by atoms with Crippen LogP contribution in [0.2, 0.25) is 0 Å². The van der Waals surface area contributed by atoms with E-state index in [4.69, 9.17) is 14.2 Å². The van der Waals surface area contributed by atoms with E-state index in [1.165, 1.54) is 0 Å². The van der Waals surface area contributed by atoms with Crippen LogP contribution in [0.5, 0.6) is 0 Å². The fourth-order valence-electron chi connectivity index (χ4n) is 9.41. The maximum atomic E-state index is 11.9. The van der Waals surface area contributed by atoms with Crippen molar-refractivity contribution in [2.24, 2.45) is 28.6 Å². The molecule has 6 aliphatic rings. The van der Waals surface area contributed by atoms with Crippen LogP contribution in [0.3, 0.4) is 0 Å². The minimum absolute atomic E-state index is 0.0732. The highest BCUT2D eigenvalue weighted by atomic mass is 16.7. The smallest absolute Gasteiger partial charge is 0.331 e. The number of hydrogen-bond acceptors (Lipinski definition) is 6. The molecule has 2 heterocycles. The van der Waals surface area contributed by atoms with Crippen molar-refractivity contribution in [3.63, 3.8) is 0 Å². The summed E-state index contributed by atoms with van der Waals surface area (Å²) in [6.45, 7) is 2.83. The minimum Gasteiger partial charge on any atom is -0.458 e. The number of methoxy groups -OCH3 is 1. The van der Waals surface area contributed by atoms with E-state index >= 15 is 0 Å². The van der Waals surface area contributed by atoms with E-state index in [1.807, 2.05) is 0 Å². The van der Waals surface area contributed by atoms with E-state index in [0.717, 1.165) is 44.1 Å². The normalized spacial score (nSPS) is 56.7. The van der Waals surface area contributed by atoms with Crippen LogP contribution in [0.1, 0.15) is 64.7 Å². The molecule has 5 fully saturated rings. The molecule has 2 aliphatic heterocycles. The van der Waals surface area contributed by atoms with Crippen LogP contribution >= 0.6 is 0 Å². The first-order valence-electron chi connectivity index (χ1n) is 11.8. The monoisotopic (exact) mass is 418 g/mol. The molecule has 30 heavy (non-hydrogen) atoms. The molecule has 9 atom stereocenters. The van der Waals surface area contributed by atoms with Crippen LogP contribution in [0, 0.1) is 28.6 Å². The molecule has 0 unspecified atom stereocenters. The summed E-state index contributed by atoms with van der Waals surface area (Å²) in [6, 6.07) is 0. The van der Waals surface area contributed by atoms with Gasteiger partial charge in [-0.25, -0.2) is 4.79 Å². The average molecular weight is 419 g/mol. The second-order valence-corrected chi connectivity index (χ2v) is 11.2. The Balaban J connectivity index is 1.42. The van der Waals surface area contributed by atoms with Gasteiger partial charge in [0.15, 0.2) is 6.29 Å². The third kappa shape index (κ3) is 2.12. The van der Waals surface area contributed by atoms with Crippen LogP contribution in [0.4, 0.5) is 0 Å². The average Bonchev–Trinajstić information content (AvgIpc) is 3.34. The molecular weight excluding hydrogens is 384 g/mol. The fourth-order valence-corrected chi connectivity index (χ4v) is 9.41. The fraction of sp³-hybridized carbons (Fsp3) is 0.875. The molecular formula is C24H34O6. The lowest BCUT2D eigenvalue weighted by atomic mass is 9.42. The number of carbonyl (C=O) groups excluding carboxylic acids is 1. The Kier molecular flexibility index (Phi) is 4.00. The summed E-state index contributed by atoms with van der Waals surface area (Å²) in [5, 5.41) is 22.2. The summed E-state index contributed by atoms with van der Waals surface area (Å²) >= 11 is 0. The molecule has 166 valence electrons. The van der Waals surface area contributed by atoms with Crippen molar-refractivity contribution in [3.8, 4) is 0 Å². The van der Waals surface area contributed by atoms with Crippen molar-refractivity contribution >= 4 is 5.97 Å². The van der Waals surface area contributed by atoms with Crippen molar-refractivity contribution in [3.05, 3.63) is 11.6 Å². The van der Waals surface area contributed by atoms with Gasteiger partial charge in [0, 0.05) is 25.5 Å². The van der Waals surface area contributed by atoms with E-state index in [1.54, 1.807) is 13.2 Å². The maximum Gasteiger partial charge on any atom is 0.331 e. The van der Waals surface area contributed by atoms with Gasteiger partial charge in [-0.05, 0) is 74.2 Å². The van der Waals surface area contributed by atoms with Crippen LogP contribution in [-0.2, 0) is 19.0 Å². The van der Waals surface area contributed by atoms with E-state index in [0.29, 0.717) is 37.7 Å². The topological polar surface area (TPSA) is 85.2 Å². The minimum atomic E-state index is -0.921. The van der Waals surface area contributed by atoms with E-state index in [9.17, 15) is 15.0 Å². The van der Waals surface area contributed by atoms with Gasteiger partial charge in [-0.15, -0.1) is 0 Å². The number of aliphatic hydroxyl groups is 2. The summed E-state index contributed by atoms with van der Waals surface area (Å²) in [7, 11) is 1.71. The molecule has 1 saturated heterocycles. The lowest BCUT2D eigenvalue weighted by Crippen LogP contribution is -2.67. The summed E-state index contributed by atoms with van der Waals surface area (Å²) in [4.78, 5) is 11.7. The highest BCUT2D eigenvalue weighted by molar-refractivity contribution is 5.85. The first-order valence-corrected chi connectivity index (χ1v) is 11.8. The predicted molar refractivity (Wildman–Crippen MR) is 107 cm³/mol. The van der Waals surface area contributed by atoms with Gasteiger partial charge in [-0.1, -0.05) is 6.92 Å². The summed E-state index contributed by atoms with van der Waals surface area (Å²) in [6.07, 6.45) is 8.47. The summed E-state index contributed by atoms with van der Waals surface area (Å²) < 4.78 is 18.1. The largest absolute Gasteiger partial charge is 0.458 e. The third-order valence-electron chi connectivity index (χ3n) is 10.5. The zero-order valence-corrected chi connectivity index (χ0v) is 18.1. The van der Waals surface area contributed by atoms with E-state index in [2.05, 4.69) is 6.92 Å². The standard InChI is InChI=1S/C24H34O6/c1-21-7-6-18-23-8-5-15(25)12-22(23,27)9-10-24(18,30-20(23)28-2)17(21)4-3-16(21)14-11-19(26)29-13-14/h11,15-18,20,25,27H,3-10,12-13H2,1-2H3/t15-,16-,17-,18-,20+,21-,22+,23-,24-/m0/s1. The summed E-state index contributed by atoms with van der Waals surface area (Å²) in [5.74, 6) is 0.801. The number of fused-ring (bicyclic) bond motifs is 1. The van der Waals surface area contributed by atoms with E-state index in [-0.39, 0.29) is 22.9 Å². The highest BCUT2D eigenvalue weighted by Gasteiger charge is 2.79. The number of carbonyl (C=O) groups is 1. The van der Waals surface area contributed by atoms with Crippen molar-refractivity contribution in [1.82, 2.24) is 0 Å². The highest BCUT2D eigenvalue weighted by Crippen LogP contribution is 2.76. The van der Waals surface area contributed by atoms with Gasteiger partial charge in [-0.3, -0.25) is 0 Å². The number of hydrogen-bond donors (Lipinski definition) is 2.